The first-order chi connectivity index (χ1) is 13.2. The van der Waals surface area contributed by atoms with Gasteiger partial charge in [-0.25, -0.2) is 4.79 Å². The molecule has 0 aromatic heterocycles. The molecule has 0 bridgehead atoms. The summed E-state index contributed by atoms with van der Waals surface area (Å²) in [5.74, 6) is 0.533. The molecular weight excluding hydrogens is 340 g/mol. The summed E-state index contributed by atoms with van der Waals surface area (Å²) in [5.41, 5.74) is 1.58. The molecule has 27 heavy (non-hydrogen) atoms. The summed E-state index contributed by atoms with van der Waals surface area (Å²) in [7, 11) is 0. The number of hydrogen-bond acceptors (Lipinski definition) is 4. The lowest BCUT2D eigenvalue weighted by Crippen LogP contribution is -2.36. The predicted octanol–water partition coefficient (Wildman–Crippen LogP) is 3.63. The molecule has 0 amide bonds. The van der Waals surface area contributed by atoms with Crippen molar-refractivity contribution in [3.63, 3.8) is 0 Å². The van der Waals surface area contributed by atoms with Gasteiger partial charge in [-0.15, -0.1) is 0 Å². The van der Waals surface area contributed by atoms with Gasteiger partial charge in [0.05, 0.1) is 6.61 Å². The quantitative estimate of drug-likeness (QED) is 0.384. The lowest BCUT2D eigenvalue weighted by Gasteiger charge is -2.36. The largest absolute Gasteiger partial charge is 0.500 e. The van der Waals surface area contributed by atoms with E-state index in [1.54, 1.807) is 0 Å². The normalized spacial score (nSPS) is 12.2. The highest BCUT2D eigenvalue weighted by Crippen LogP contribution is 2.40. The number of aliphatic hydroxyl groups is 2. The summed E-state index contributed by atoms with van der Waals surface area (Å²) in [4.78, 5) is 10.7. The van der Waals surface area contributed by atoms with Crippen LogP contribution in [-0.4, -0.2) is 28.9 Å². The van der Waals surface area contributed by atoms with Gasteiger partial charge in [0.1, 0.15) is 11.7 Å². The molecule has 4 nitrogen and oxygen atoms in total. The topological polar surface area (TPSA) is 66.8 Å². The van der Waals surface area contributed by atoms with E-state index < -0.39 is 17.5 Å². The van der Waals surface area contributed by atoms with Crippen LogP contribution in [0.5, 0.6) is 0 Å². The minimum atomic E-state index is -1.46. The minimum absolute atomic E-state index is 0.278. The zero-order chi connectivity index (χ0) is 19.1. The Hall–Kier alpha value is -3.17. The number of ether oxygens (including phenoxy) is 1. The average Bonchev–Trinajstić information content (AvgIpc) is 2.75. The van der Waals surface area contributed by atoms with Crippen molar-refractivity contribution in [3.05, 3.63) is 113 Å². The molecule has 0 aliphatic heterocycles. The van der Waals surface area contributed by atoms with Crippen molar-refractivity contribution in [1.82, 2.24) is 0 Å². The van der Waals surface area contributed by atoms with Crippen LogP contribution in [0.2, 0.25) is 0 Å². The second-order valence-electron chi connectivity index (χ2n) is 6.09. The summed E-state index contributed by atoms with van der Waals surface area (Å²) in [6.45, 7) is -0.278. The van der Waals surface area contributed by atoms with E-state index in [2.05, 4.69) is 0 Å². The van der Waals surface area contributed by atoms with Crippen molar-refractivity contribution in [2.45, 2.75) is 11.7 Å². The summed E-state index contributed by atoms with van der Waals surface area (Å²) in [6, 6.07) is 28.9. The average molecular weight is 360 g/mol. The van der Waals surface area contributed by atoms with Crippen LogP contribution in [0.1, 0.15) is 16.7 Å². The second-order valence-corrected chi connectivity index (χ2v) is 6.09. The fourth-order valence-electron chi connectivity index (χ4n) is 3.12. The van der Waals surface area contributed by atoms with Crippen LogP contribution in [0.3, 0.4) is 0 Å². The van der Waals surface area contributed by atoms with Crippen LogP contribution in [-0.2, 0) is 15.1 Å². The van der Waals surface area contributed by atoms with E-state index in [-0.39, 0.29) is 6.61 Å². The number of carbonyl (C=O) groups excluding carboxylic acids is 1. The number of benzene rings is 3. The number of hydrogen-bond donors (Lipinski definition) is 2. The van der Waals surface area contributed by atoms with Gasteiger partial charge in [0.25, 0.3) is 0 Å². The third kappa shape index (κ3) is 3.83. The third-order valence-corrected chi connectivity index (χ3v) is 4.42. The predicted molar refractivity (Wildman–Crippen MR) is 103 cm³/mol. The molecule has 136 valence electrons. The summed E-state index contributed by atoms with van der Waals surface area (Å²) < 4.78 is 6.26. The maximum atomic E-state index is 10.7. The Morgan fingerprint density at radius 2 is 1.19 bits per heavy atom. The molecule has 3 aromatic carbocycles. The van der Waals surface area contributed by atoms with Gasteiger partial charge in [-0.2, -0.15) is 0 Å². The fourth-order valence-corrected chi connectivity index (χ4v) is 3.12. The van der Waals surface area contributed by atoms with Crippen LogP contribution >= 0.6 is 0 Å². The van der Waals surface area contributed by atoms with Gasteiger partial charge in [-0.3, -0.25) is 0 Å². The molecule has 0 saturated carbocycles. The highest BCUT2D eigenvalue weighted by Gasteiger charge is 2.38. The van der Waals surface area contributed by atoms with E-state index in [1.165, 1.54) is 5.94 Å². The lowest BCUT2D eigenvalue weighted by atomic mass is 9.80. The summed E-state index contributed by atoms with van der Waals surface area (Å²) in [5, 5.41) is 19.5. The van der Waals surface area contributed by atoms with Crippen molar-refractivity contribution >= 4 is 5.94 Å². The Labute approximate surface area is 158 Å². The van der Waals surface area contributed by atoms with Crippen molar-refractivity contribution in [1.29, 1.82) is 0 Å². The number of aliphatic hydroxyl groups excluding tert-OH is 2. The van der Waals surface area contributed by atoms with E-state index in [1.807, 2.05) is 91.0 Å². The van der Waals surface area contributed by atoms with Gasteiger partial charge >= 0.3 is 0 Å². The van der Waals surface area contributed by atoms with E-state index in [4.69, 9.17) is 4.74 Å². The second kappa shape index (κ2) is 8.47. The third-order valence-electron chi connectivity index (χ3n) is 4.42. The fraction of sp³-hybridized carbons (Fsp3) is 0.130. The molecule has 0 spiro atoms. The Bertz CT molecular complexity index is 804. The molecule has 1 unspecified atom stereocenters. The molecule has 0 heterocycles. The maximum Gasteiger partial charge on any atom is 0.208 e. The molecule has 0 saturated heterocycles. The maximum absolute atomic E-state index is 10.7. The SMILES string of the molecule is O=C=C(O)C(O)COC(c1ccccc1)(c1ccccc1)c1ccccc1. The zero-order valence-electron chi connectivity index (χ0n) is 14.7. The molecule has 0 fully saturated rings. The molecular formula is C23H20O4. The number of rotatable bonds is 7. The van der Waals surface area contributed by atoms with Gasteiger partial charge in [0.15, 0.2) is 5.94 Å². The Morgan fingerprint density at radius 3 is 1.52 bits per heavy atom. The van der Waals surface area contributed by atoms with Crippen molar-refractivity contribution in [2.24, 2.45) is 0 Å². The van der Waals surface area contributed by atoms with Crippen LogP contribution in [0.15, 0.2) is 96.8 Å². The molecule has 4 heteroatoms. The monoisotopic (exact) mass is 360 g/mol. The Morgan fingerprint density at radius 1 is 0.815 bits per heavy atom. The molecule has 3 rings (SSSR count). The van der Waals surface area contributed by atoms with Crippen LogP contribution in [0.4, 0.5) is 0 Å². The zero-order valence-corrected chi connectivity index (χ0v) is 14.7. The van der Waals surface area contributed by atoms with Crippen molar-refractivity contribution < 1.29 is 19.7 Å². The van der Waals surface area contributed by atoms with Crippen molar-refractivity contribution in [2.75, 3.05) is 6.61 Å². The summed E-state index contributed by atoms with van der Waals surface area (Å²) >= 11 is 0. The Kier molecular flexibility index (Phi) is 5.84. The molecule has 0 aliphatic rings. The van der Waals surface area contributed by atoms with Gasteiger partial charge < -0.3 is 14.9 Å². The van der Waals surface area contributed by atoms with Crippen LogP contribution in [0, 0.1) is 0 Å². The standard InChI is InChI=1S/C23H20O4/c24-16-21(25)22(26)17-27-23(18-10-4-1-5-11-18,19-12-6-2-7-13-19)20-14-8-3-9-15-20/h1-15,22,25-26H,17H2. The molecule has 0 aliphatic carbocycles. The van der Waals surface area contributed by atoms with E-state index in [0.717, 1.165) is 16.7 Å². The lowest BCUT2D eigenvalue weighted by molar-refractivity contribution is -0.0363. The minimum Gasteiger partial charge on any atom is -0.500 e. The summed E-state index contributed by atoms with van der Waals surface area (Å²) in [6.07, 6.45) is -1.46. The van der Waals surface area contributed by atoms with Gasteiger partial charge in [0.2, 0.25) is 5.76 Å². The highest BCUT2D eigenvalue weighted by atomic mass is 16.5. The molecule has 3 aromatic rings. The van der Waals surface area contributed by atoms with Gasteiger partial charge in [0, 0.05) is 0 Å². The van der Waals surface area contributed by atoms with Gasteiger partial charge in [-0.05, 0) is 16.7 Å². The van der Waals surface area contributed by atoms with E-state index in [9.17, 15) is 15.0 Å². The first kappa shape index (κ1) is 18.6. The van der Waals surface area contributed by atoms with E-state index in [0.29, 0.717) is 0 Å². The van der Waals surface area contributed by atoms with E-state index >= 15 is 0 Å². The van der Waals surface area contributed by atoms with Crippen molar-refractivity contribution in [3.8, 4) is 0 Å². The highest BCUT2D eigenvalue weighted by molar-refractivity contribution is 5.50. The van der Waals surface area contributed by atoms with Crippen LogP contribution in [0.25, 0.3) is 0 Å². The first-order valence-electron chi connectivity index (χ1n) is 8.61. The van der Waals surface area contributed by atoms with Gasteiger partial charge in [-0.1, -0.05) is 91.0 Å². The molecule has 1 atom stereocenters. The molecule has 2 N–H and O–H groups in total. The molecule has 0 radical (unpaired) electrons. The van der Waals surface area contributed by atoms with Crippen LogP contribution < -0.4 is 0 Å². The first-order valence-corrected chi connectivity index (χ1v) is 8.61. The Balaban J connectivity index is 2.18. The smallest absolute Gasteiger partial charge is 0.208 e.